The van der Waals surface area contributed by atoms with Crippen LogP contribution in [0.3, 0.4) is 0 Å². The van der Waals surface area contributed by atoms with Gasteiger partial charge in [0.05, 0.1) is 30.4 Å². The van der Waals surface area contributed by atoms with Crippen LogP contribution in [0.5, 0.6) is 5.75 Å². The molecule has 0 aliphatic carbocycles. The molecule has 28 heavy (non-hydrogen) atoms. The molecule has 1 aromatic carbocycles. The van der Waals surface area contributed by atoms with Crippen LogP contribution in [-0.2, 0) is 6.54 Å². The number of nitrogens with zero attached hydrogens (tertiary/aromatic N) is 4. The first kappa shape index (κ1) is 16.2. The van der Waals surface area contributed by atoms with Gasteiger partial charge in [-0.2, -0.15) is 0 Å². The summed E-state index contributed by atoms with van der Waals surface area (Å²) in [5.74, 6) is 0.762. The lowest BCUT2D eigenvalue weighted by Crippen LogP contribution is -2.44. The Hall–Kier alpha value is -3.94. The van der Waals surface area contributed by atoms with Crippen molar-refractivity contribution in [3.63, 3.8) is 0 Å². The average molecular weight is 373 g/mol. The third-order valence-electron chi connectivity index (χ3n) is 4.79. The van der Waals surface area contributed by atoms with E-state index in [1.165, 1.54) is 16.4 Å². The zero-order chi connectivity index (χ0) is 19.3. The van der Waals surface area contributed by atoms with Crippen LogP contribution in [0.4, 0.5) is 16.3 Å². The van der Waals surface area contributed by atoms with Crippen molar-refractivity contribution >= 4 is 34.1 Å². The van der Waals surface area contributed by atoms with Crippen molar-refractivity contribution in [1.29, 1.82) is 0 Å². The molecule has 0 saturated carbocycles. The number of aromatic nitrogens is 3. The number of hydrogen-bond acceptors (Lipinski definition) is 5. The Bertz CT molecular complexity index is 1310. The molecule has 0 bridgehead atoms. The third kappa shape index (κ3) is 2.31. The summed E-state index contributed by atoms with van der Waals surface area (Å²) in [5.41, 5.74) is 1.95. The van der Waals surface area contributed by atoms with Crippen molar-refractivity contribution in [3.8, 4) is 5.75 Å². The van der Waals surface area contributed by atoms with Crippen LogP contribution < -0.4 is 20.5 Å². The minimum absolute atomic E-state index is 0.117. The zero-order valence-electron chi connectivity index (χ0n) is 14.9. The molecule has 0 fully saturated rings. The number of urea groups is 1. The highest BCUT2D eigenvalue weighted by molar-refractivity contribution is 6.02. The van der Waals surface area contributed by atoms with Crippen LogP contribution in [0.15, 0.2) is 59.7 Å². The molecule has 0 saturated heterocycles. The topological polar surface area (TPSA) is 88.8 Å². The number of pyridine rings is 2. The Morgan fingerprint density at radius 1 is 1.14 bits per heavy atom. The number of rotatable bonds is 2. The van der Waals surface area contributed by atoms with E-state index in [1.807, 2.05) is 24.3 Å². The summed E-state index contributed by atoms with van der Waals surface area (Å²) in [5, 5.41) is 3.64. The Kier molecular flexibility index (Phi) is 3.51. The minimum atomic E-state index is -0.345. The number of nitrogens with one attached hydrogen (secondary N) is 1. The highest BCUT2D eigenvalue weighted by atomic mass is 16.5. The van der Waals surface area contributed by atoms with E-state index in [0.29, 0.717) is 28.5 Å². The second-order valence-electron chi connectivity index (χ2n) is 6.36. The van der Waals surface area contributed by atoms with Gasteiger partial charge in [-0.05, 0) is 36.4 Å². The Labute approximate surface area is 159 Å². The lowest BCUT2D eigenvalue weighted by molar-refractivity contribution is 0.246. The van der Waals surface area contributed by atoms with Gasteiger partial charge in [-0.1, -0.05) is 6.07 Å². The second kappa shape index (κ2) is 6.05. The molecule has 8 nitrogen and oxygen atoms in total. The van der Waals surface area contributed by atoms with Crippen LogP contribution in [-0.4, -0.2) is 27.5 Å². The molecule has 0 radical (unpaired) electrons. The van der Waals surface area contributed by atoms with Crippen molar-refractivity contribution < 1.29 is 9.53 Å². The molecular formula is C20H15N5O3. The van der Waals surface area contributed by atoms with E-state index in [9.17, 15) is 9.59 Å². The van der Waals surface area contributed by atoms with E-state index in [0.717, 1.165) is 10.9 Å². The van der Waals surface area contributed by atoms with E-state index in [-0.39, 0.29) is 18.1 Å². The maximum Gasteiger partial charge on any atom is 0.327 e. The lowest BCUT2D eigenvalue weighted by atomic mass is 10.1. The van der Waals surface area contributed by atoms with E-state index in [2.05, 4.69) is 15.3 Å². The molecule has 0 spiro atoms. The van der Waals surface area contributed by atoms with Gasteiger partial charge in [0.25, 0.3) is 5.56 Å². The maximum atomic E-state index is 13.0. The fourth-order valence-electron chi connectivity index (χ4n) is 3.44. The summed E-state index contributed by atoms with van der Waals surface area (Å²) >= 11 is 0. The van der Waals surface area contributed by atoms with Crippen LogP contribution in [0.1, 0.15) is 5.56 Å². The van der Waals surface area contributed by atoms with E-state index in [1.54, 1.807) is 30.6 Å². The van der Waals surface area contributed by atoms with Gasteiger partial charge in [0.15, 0.2) is 17.2 Å². The molecule has 138 valence electrons. The first-order valence-electron chi connectivity index (χ1n) is 8.68. The normalized spacial score (nSPS) is 13.5. The van der Waals surface area contributed by atoms with Crippen molar-refractivity contribution in [3.05, 3.63) is 70.8 Å². The van der Waals surface area contributed by atoms with Crippen LogP contribution in [0, 0.1) is 0 Å². The minimum Gasteiger partial charge on any atom is -0.493 e. The van der Waals surface area contributed by atoms with E-state index in [4.69, 9.17) is 4.74 Å². The molecular weight excluding hydrogens is 358 g/mol. The summed E-state index contributed by atoms with van der Waals surface area (Å²) in [4.78, 5) is 36.1. The van der Waals surface area contributed by atoms with Crippen molar-refractivity contribution in [2.45, 2.75) is 6.54 Å². The third-order valence-corrected chi connectivity index (χ3v) is 4.79. The number of carbonyl (C=O) groups excluding carboxylic acids is 1. The molecule has 5 rings (SSSR count). The summed E-state index contributed by atoms with van der Waals surface area (Å²) < 4.78 is 6.78. The fourth-order valence-corrected chi connectivity index (χ4v) is 3.44. The monoisotopic (exact) mass is 373 g/mol. The molecule has 1 aliphatic rings. The van der Waals surface area contributed by atoms with Gasteiger partial charge in [0.2, 0.25) is 0 Å². The average Bonchev–Trinajstić information content (AvgIpc) is 2.73. The van der Waals surface area contributed by atoms with Crippen molar-refractivity contribution in [1.82, 2.24) is 19.7 Å². The number of carbonyl (C=O) groups is 1. The predicted molar refractivity (Wildman–Crippen MR) is 104 cm³/mol. The van der Waals surface area contributed by atoms with E-state index < -0.39 is 0 Å². The molecule has 2 amide bonds. The number of ether oxygens (including phenoxy) is 1. The Morgan fingerprint density at radius 3 is 2.89 bits per heavy atom. The molecule has 3 aromatic heterocycles. The van der Waals surface area contributed by atoms with Gasteiger partial charge in [0.1, 0.15) is 0 Å². The van der Waals surface area contributed by atoms with Crippen molar-refractivity contribution in [2.24, 2.45) is 0 Å². The Morgan fingerprint density at radius 2 is 2.04 bits per heavy atom. The second-order valence-corrected chi connectivity index (χ2v) is 6.36. The predicted octanol–water partition coefficient (Wildman–Crippen LogP) is 2.61. The van der Waals surface area contributed by atoms with E-state index >= 15 is 0 Å². The van der Waals surface area contributed by atoms with Gasteiger partial charge >= 0.3 is 6.03 Å². The SMILES string of the molecule is COc1cccn2c(=O)c3c(nc12)N(c1ccc2ncccc2c1)C(=O)NC3. The van der Waals surface area contributed by atoms with Crippen molar-refractivity contribution in [2.75, 3.05) is 12.0 Å². The highest BCUT2D eigenvalue weighted by Crippen LogP contribution is 2.32. The number of hydrogen-bond donors (Lipinski definition) is 1. The highest BCUT2D eigenvalue weighted by Gasteiger charge is 2.30. The standard InChI is InChI=1S/C20H15N5O3/c1-28-16-5-3-9-24-18(16)23-17-14(19(24)26)11-22-20(27)25(17)13-6-7-15-12(10-13)4-2-8-21-15/h2-10H,11H2,1H3,(H,22,27). The largest absolute Gasteiger partial charge is 0.493 e. The smallest absolute Gasteiger partial charge is 0.327 e. The molecule has 1 N–H and O–H groups in total. The molecule has 4 heterocycles. The first-order chi connectivity index (χ1) is 13.7. The summed E-state index contributed by atoms with van der Waals surface area (Å²) in [6.45, 7) is 0.117. The lowest BCUT2D eigenvalue weighted by Gasteiger charge is -2.29. The maximum absolute atomic E-state index is 13.0. The zero-order valence-corrected chi connectivity index (χ0v) is 14.9. The van der Waals surface area contributed by atoms with Gasteiger partial charge in [0, 0.05) is 17.8 Å². The number of benzene rings is 1. The molecule has 8 heteroatoms. The summed E-state index contributed by atoms with van der Waals surface area (Å²) in [6, 6.07) is 12.3. The first-order valence-corrected chi connectivity index (χ1v) is 8.68. The number of amides is 2. The summed E-state index contributed by atoms with van der Waals surface area (Å²) in [7, 11) is 1.52. The number of anilines is 2. The fraction of sp³-hybridized carbons (Fsp3) is 0.100. The number of fused-ring (bicyclic) bond motifs is 3. The molecule has 1 aliphatic heterocycles. The number of methoxy groups -OCH3 is 1. The van der Waals surface area contributed by atoms with Gasteiger partial charge in [-0.3, -0.25) is 14.2 Å². The van der Waals surface area contributed by atoms with Gasteiger partial charge in [-0.25, -0.2) is 14.7 Å². The molecule has 4 aromatic rings. The van der Waals surface area contributed by atoms with Crippen LogP contribution in [0.2, 0.25) is 0 Å². The van der Waals surface area contributed by atoms with Crippen LogP contribution in [0.25, 0.3) is 16.6 Å². The van der Waals surface area contributed by atoms with Gasteiger partial charge < -0.3 is 10.1 Å². The quantitative estimate of drug-likeness (QED) is 0.583. The van der Waals surface area contributed by atoms with Gasteiger partial charge in [-0.15, -0.1) is 0 Å². The molecule has 0 atom stereocenters. The molecule has 0 unspecified atom stereocenters. The Balaban J connectivity index is 1.78. The van der Waals surface area contributed by atoms with Crippen LogP contribution >= 0.6 is 0 Å². The summed E-state index contributed by atoms with van der Waals surface area (Å²) in [6.07, 6.45) is 3.35.